The zero-order valence-electron chi connectivity index (χ0n) is 21.8. The number of carbonyl (C=O) groups is 2. The van der Waals surface area contributed by atoms with Gasteiger partial charge in [0.1, 0.15) is 11.4 Å². The molecule has 41 heavy (non-hydrogen) atoms. The van der Waals surface area contributed by atoms with Crippen molar-refractivity contribution in [3.05, 3.63) is 105 Å². The minimum atomic E-state index is -4.47. The molecular weight excluding hydrogens is 544 g/mol. The number of aromatic nitrogens is 1. The van der Waals surface area contributed by atoms with Crippen molar-refractivity contribution < 1.29 is 31.9 Å². The molecule has 1 saturated carbocycles. The number of hydrogen-bond acceptors (Lipinski definition) is 4. The molecule has 216 valence electrons. The fourth-order valence-electron chi connectivity index (χ4n) is 5.21. The van der Waals surface area contributed by atoms with Crippen LogP contribution in [0.4, 0.5) is 22.4 Å². The Bertz CT molecular complexity index is 1460. The molecule has 2 heterocycles. The number of nitrogens with zero attached hydrogens (tertiary/aromatic N) is 1. The van der Waals surface area contributed by atoms with E-state index in [0.29, 0.717) is 24.0 Å². The number of hydrogen-bond donors (Lipinski definition) is 3. The van der Waals surface area contributed by atoms with Gasteiger partial charge in [-0.2, -0.15) is 13.2 Å². The van der Waals surface area contributed by atoms with Crippen LogP contribution in [-0.2, 0) is 17.5 Å². The Morgan fingerprint density at radius 1 is 1.00 bits per heavy atom. The van der Waals surface area contributed by atoms with Gasteiger partial charge >= 0.3 is 12.2 Å². The molecule has 5 rings (SSSR count). The van der Waals surface area contributed by atoms with E-state index in [1.807, 2.05) is 0 Å². The molecule has 0 spiro atoms. The number of ether oxygens (including phenoxy) is 1. The first-order valence-electron chi connectivity index (χ1n) is 13.2. The number of nitrogens with one attached hydrogen (secondary N) is 3. The van der Waals surface area contributed by atoms with Gasteiger partial charge in [-0.25, -0.2) is 9.18 Å². The second-order valence-electron chi connectivity index (χ2n) is 10.2. The van der Waals surface area contributed by atoms with Crippen molar-refractivity contribution in [1.82, 2.24) is 20.5 Å². The Hall–Kier alpha value is -4.19. The average molecular weight is 573 g/mol. The van der Waals surface area contributed by atoms with Crippen LogP contribution in [0.2, 0.25) is 0 Å². The maximum Gasteiger partial charge on any atom is 0.416 e. The van der Waals surface area contributed by atoms with E-state index in [9.17, 15) is 31.9 Å². The molecule has 1 saturated heterocycles. The smallest absolute Gasteiger partial charge is 0.376 e. The molecule has 3 unspecified atom stereocenters. The van der Waals surface area contributed by atoms with Crippen LogP contribution in [0.3, 0.4) is 0 Å². The molecule has 2 aliphatic rings. The van der Waals surface area contributed by atoms with Gasteiger partial charge in [-0.15, -0.1) is 0 Å². The maximum absolute atomic E-state index is 13.6. The number of urea groups is 1. The van der Waals surface area contributed by atoms with E-state index < -0.39 is 35.1 Å². The van der Waals surface area contributed by atoms with Crippen LogP contribution < -0.4 is 21.5 Å². The minimum Gasteiger partial charge on any atom is -0.376 e. The van der Waals surface area contributed by atoms with Gasteiger partial charge in [-0.05, 0) is 66.8 Å². The van der Waals surface area contributed by atoms with Crippen LogP contribution >= 0.6 is 0 Å². The summed E-state index contributed by atoms with van der Waals surface area (Å²) in [6.07, 6.45) is -1.15. The largest absolute Gasteiger partial charge is 0.416 e. The van der Waals surface area contributed by atoms with Gasteiger partial charge in [-0.1, -0.05) is 24.3 Å². The first-order valence-corrected chi connectivity index (χ1v) is 13.2. The molecule has 1 aliphatic carbocycles. The van der Waals surface area contributed by atoms with E-state index in [1.54, 1.807) is 0 Å². The molecule has 12 heteroatoms. The summed E-state index contributed by atoms with van der Waals surface area (Å²) in [7, 11) is 0. The molecule has 4 atom stereocenters. The topological polar surface area (TPSA) is 101 Å². The third-order valence-electron chi connectivity index (χ3n) is 7.41. The zero-order valence-corrected chi connectivity index (χ0v) is 21.8. The Morgan fingerprint density at radius 2 is 1.71 bits per heavy atom. The fraction of sp³-hybridized carbons (Fsp3) is 0.345. The number of amides is 3. The van der Waals surface area contributed by atoms with Crippen LogP contribution in [-0.4, -0.2) is 41.3 Å². The minimum absolute atomic E-state index is 0.0299. The molecule has 3 amide bonds. The van der Waals surface area contributed by atoms with Crippen LogP contribution in [0.25, 0.3) is 0 Å². The van der Waals surface area contributed by atoms with E-state index >= 15 is 0 Å². The monoisotopic (exact) mass is 572 g/mol. The summed E-state index contributed by atoms with van der Waals surface area (Å²) in [6.45, 7) is 0.0191. The number of benzene rings is 2. The number of alkyl halides is 3. The Balaban J connectivity index is 1.29. The quantitative estimate of drug-likeness (QED) is 0.353. The number of halogens is 4. The lowest BCUT2D eigenvalue weighted by atomic mass is 9.89. The lowest BCUT2D eigenvalue weighted by Gasteiger charge is -2.31. The van der Waals surface area contributed by atoms with Crippen molar-refractivity contribution in [1.29, 1.82) is 0 Å². The van der Waals surface area contributed by atoms with Gasteiger partial charge in [0, 0.05) is 6.20 Å². The highest BCUT2D eigenvalue weighted by molar-refractivity contribution is 5.94. The van der Waals surface area contributed by atoms with E-state index in [-0.39, 0.29) is 42.9 Å². The molecule has 0 radical (unpaired) electrons. The second kappa shape index (κ2) is 11.7. The number of fused-ring (bicyclic) bond motifs is 1. The van der Waals surface area contributed by atoms with Crippen molar-refractivity contribution in [3.63, 3.8) is 0 Å². The predicted octanol–water partition coefficient (Wildman–Crippen LogP) is 4.14. The van der Waals surface area contributed by atoms with Crippen molar-refractivity contribution in [3.8, 4) is 0 Å². The van der Waals surface area contributed by atoms with Gasteiger partial charge < -0.3 is 25.3 Å². The lowest BCUT2D eigenvalue weighted by Crippen LogP contribution is -2.43. The van der Waals surface area contributed by atoms with Crippen LogP contribution in [0, 0.1) is 5.82 Å². The third-order valence-corrected chi connectivity index (χ3v) is 7.41. The lowest BCUT2D eigenvalue weighted by molar-refractivity contribution is -0.137. The standard InChI is InChI=1S/C29H28F4N4O4/c30-20-9-5-18(6-10-20)25(16-41-21-11-12-23-24(14-21)36-28(40)35-23)34-26(38)22-2-1-13-37(27(22)39)15-17-3-7-19(8-4-17)29(31,32)33/h1-10,13,21,23-25H,11-12,14-16H2,(H,34,38)(H2,35,36,40)/t21?,23?,24?,25-/m1/s1. The normalized spacial score (nSPS) is 21.0. The predicted molar refractivity (Wildman–Crippen MR) is 141 cm³/mol. The first kappa shape index (κ1) is 28.3. The SMILES string of the molecule is O=C1NC2CCC(OC[C@@H](NC(=O)c3cccn(Cc4ccc(C(F)(F)F)cc4)c3=O)c3ccc(F)cc3)CC2N1. The number of carbonyl (C=O) groups excluding carboxylic acids is 2. The molecule has 2 fully saturated rings. The molecule has 1 aliphatic heterocycles. The van der Waals surface area contributed by atoms with Crippen LogP contribution in [0.1, 0.15) is 52.4 Å². The maximum atomic E-state index is 13.6. The van der Waals surface area contributed by atoms with Crippen molar-refractivity contribution in [2.45, 2.75) is 56.2 Å². The highest BCUT2D eigenvalue weighted by atomic mass is 19.4. The van der Waals surface area contributed by atoms with E-state index in [2.05, 4.69) is 16.0 Å². The summed E-state index contributed by atoms with van der Waals surface area (Å²) in [4.78, 5) is 38.1. The van der Waals surface area contributed by atoms with Gasteiger partial charge in [-0.3, -0.25) is 9.59 Å². The van der Waals surface area contributed by atoms with E-state index in [4.69, 9.17) is 4.74 Å². The van der Waals surface area contributed by atoms with Gasteiger partial charge in [0.05, 0.1) is 42.9 Å². The molecule has 1 aromatic heterocycles. The highest BCUT2D eigenvalue weighted by Crippen LogP contribution is 2.29. The fourth-order valence-corrected chi connectivity index (χ4v) is 5.21. The highest BCUT2D eigenvalue weighted by Gasteiger charge is 2.37. The first-order chi connectivity index (χ1) is 19.6. The summed E-state index contributed by atoms with van der Waals surface area (Å²) in [5.41, 5.74) is -0.546. The number of rotatable bonds is 8. The third kappa shape index (κ3) is 6.76. The second-order valence-corrected chi connectivity index (χ2v) is 10.2. The summed E-state index contributed by atoms with van der Waals surface area (Å²) < 4.78 is 59.6. The molecule has 8 nitrogen and oxygen atoms in total. The van der Waals surface area contributed by atoms with Crippen molar-refractivity contribution in [2.24, 2.45) is 0 Å². The summed E-state index contributed by atoms with van der Waals surface area (Å²) in [5, 5.41) is 8.56. The van der Waals surface area contributed by atoms with E-state index in [0.717, 1.165) is 18.6 Å². The summed E-state index contributed by atoms with van der Waals surface area (Å²) in [6, 6.07) is 12.0. The van der Waals surface area contributed by atoms with Crippen LogP contribution in [0.5, 0.6) is 0 Å². The molecule has 3 aromatic rings. The Labute approximate surface area is 232 Å². The molecule has 0 bridgehead atoms. The Morgan fingerprint density at radius 3 is 2.41 bits per heavy atom. The van der Waals surface area contributed by atoms with Gasteiger partial charge in [0.15, 0.2) is 0 Å². The average Bonchev–Trinajstić information content (AvgIpc) is 3.31. The van der Waals surface area contributed by atoms with Crippen molar-refractivity contribution in [2.75, 3.05) is 6.61 Å². The zero-order chi connectivity index (χ0) is 29.1. The van der Waals surface area contributed by atoms with E-state index in [1.165, 1.54) is 59.3 Å². The molecule has 2 aromatic carbocycles. The van der Waals surface area contributed by atoms with Gasteiger partial charge in [0.2, 0.25) is 0 Å². The summed E-state index contributed by atoms with van der Waals surface area (Å²) in [5.74, 6) is -1.12. The molecular formula is C29H28F4N4O4. The summed E-state index contributed by atoms with van der Waals surface area (Å²) >= 11 is 0. The van der Waals surface area contributed by atoms with Crippen LogP contribution in [0.15, 0.2) is 71.7 Å². The number of pyridine rings is 1. The van der Waals surface area contributed by atoms with Crippen molar-refractivity contribution >= 4 is 11.9 Å². The van der Waals surface area contributed by atoms with Gasteiger partial charge in [0.25, 0.3) is 11.5 Å². The molecule has 3 N–H and O–H groups in total. The Kier molecular flexibility index (Phi) is 8.11.